The third kappa shape index (κ3) is 1.64. The Balaban J connectivity index is 2.18. The minimum atomic E-state index is 0.190. The van der Waals surface area contributed by atoms with Gasteiger partial charge in [0, 0.05) is 18.9 Å². The lowest BCUT2D eigenvalue weighted by atomic mass is 10.1. The van der Waals surface area contributed by atoms with Gasteiger partial charge in [-0.05, 0) is 12.1 Å². The van der Waals surface area contributed by atoms with E-state index in [9.17, 15) is 0 Å². The second kappa shape index (κ2) is 3.87. The van der Waals surface area contributed by atoms with Gasteiger partial charge >= 0.3 is 0 Å². The Bertz CT molecular complexity index is 712. The summed E-state index contributed by atoms with van der Waals surface area (Å²) in [6, 6.07) is 5.95. The molecule has 2 aromatic heterocycles. The van der Waals surface area contributed by atoms with Crippen molar-refractivity contribution in [1.29, 1.82) is 0 Å². The summed E-state index contributed by atoms with van der Waals surface area (Å²) in [5.41, 5.74) is 8.87. The minimum absolute atomic E-state index is 0.190. The molecule has 0 aliphatic heterocycles. The maximum absolute atomic E-state index is 5.60. The maximum atomic E-state index is 5.60. The van der Waals surface area contributed by atoms with E-state index in [1.165, 1.54) is 0 Å². The Hall–Kier alpha value is -2.30. The average Bonchev–Trinajstić information content (AvgIpc) is 2.89. The summed E-state index contributed by atoms with van der Waals surface area (Å²) >= 11 is 0. The van der Waals surface area contributed by atoms with Gasteiger partial charge in [-0.15, -0.1) is 0 Å². The van der Waals surface area contributed by atoms with Crippen molar-refractivity contribution in [2.75, 3.05) is 5.73 Å². The van der Waals surface area contributed by atoms with Crippen LogP contribution in [0.3, 0.4) is 0 Å². The predicted octanol–water partition coefficient (Wildman–Crippen LogP) is 2.94. The Morgan fingerprint density at radius 1 is 1.22 bits per heavy atom. The Labute approximate surface area is 104 Å². The molecule has 18 heavy (non-hydrogen) atoms. The van der Waals surface area contributed by atoms with Gasteiger partial charge in [0.25, 0.3) is 6.01 Å². The molecule has 0 aliphatic rings. The normalized spacial score (nSPS) is 11.2. The van der Waals surface area contributed by atoms with Gasteiger partial charge in [-0.1, -0.05) is 13.0 Å². The molecule has 0 atom stereocenters. The topological polar surface area (TPSA) is 78.1 Å². The fourth-order valence-electron chi connectivity index (χ4n) is 2.02. The molecule has 0 bridgehead atoms. The number of anilines is 1. The van der Waals surface area contributed by atoms with Crippen molar-refractivity contribution in [2.45, 2.75) is 20.3 Å². The number of oxazole rings is 2. The highest BCUT2D eigenvalue weighted by molar-refractivity contribution is 5.79. The van der Waals surface area contributed by atoms with Crippen LogP contribution in [0.15, 0.2) is 27.0 Å². The molecule has 92 valence electrons. The lowest BCUT2D eigenvalue weighted by Gasteiger charge is -1.98. The lowest BCUT2D eigenvalue weighted by Crippen LogP contribution is -1.85. The van der Waals surface area contributed by atoms with Gasteiger partial charge in [0.1, 0.15) is 17.0 Å². The van der Waals surface area contributed by atoms with Crippen LogP contribution < -0.4 is 5.73 Å². The van der Waals surface area contributed by atoms with Gasteiger partial charge in [0.05, 0.1) is 0 Å². The fraction of sp³-hybridized carbons (Fsp3) is 0.231. The van der Waals surface area contributed by atoms with E-state index in [1.54, 1.807) is 0 Å². The predicted molar refractivity (Wildman–Crippen MR) is 68.0 cm³/mol. The second-order valence-corrected chi connectivity index (χ2v) is 4.09. The molecule has 1 aromatic carbocycles. The Morgan fingerprint density at radius 2 is 2.06 bits per heavy atom. The number of benzene rings is 1. The summed E-state index contributed by atoms with van der Waals surface area (Å²) in [7, 11) is 0. The number of nitrogen functional groups attached to an aromatic ring is 1. The van der Waals surface area contributed by atoms with Gasteiger partial charge in [0.2, 0.25) is 0 Å². The van der Waals surface area contributed by atoms with E-state index in [-0.39, 0.29) is 6.01 Å². The SMILES string of the molecule is CCc1oc(N)nc1-c1ccc2nc(C)oc2c1. The van der Waals surface area contributed by atoms with E-state index in [4.69, 9.17) is 14.6 Å². The van der Waals surface area contributed by atoms with Gasteiger partial charge in [-0.3, -0.25) is 0 Å². The quantitative estimate of drug-likeness (QED) is 0.748. The number of hydrogen-bond acceptors (Lipinski definition) is 5. The zero-order chi connectivity index (χ0) is 12.7. The number of aryl methyl sites for hydroxylation is 2. The first-order valence-corrected chi connectivity index (χ1v) is 5.80. The van der Waals surface area contributed by atoms with Crippen LogP contribution in [-0.4, -0.2) is 9.97 Å². The summed E-state index contributed by atoms with van der Waals surface area (Å²) < 4.78 is 10.9. The molecule has 0 fully saturated rings. The summed E-state index contributed by atoms with van der Waals surface area (Å²) in [4.78, 5) is 8.47. The van der Waals surface area contributed by atoms with E-state index >= 15 is 0 Å². The molecule has 0 radical (unpaired) electrons. The van der Waals surface area contributed by atoms with E-state index < -0.39 is 0 Å². The molecule has 0 unspecified atom stereocenters. The summed E-state index contributed by atoms with van der Waals surface area (Å²) in [6.45, 7) is 3.83. The molecule has 0 spiro atoms. The van der Waals surface area contributed by atoms with Crippen molar-refractivity contribution >= 4 is 17.1 Å². The van der Waals surface area contributed by atoms with Crippen LogP contribution in [-0.2, 0) is 6.42 Å². The molecule has 2 heterocycles. The molecule has 0 saturated heterocycles. The summed E-state index contributed by atoms with van der Waals surface area (Å²) in [6.07, 6.45) is 0.743. The van der Waals surface area contributed by atoms with Crippen LogP contribution >= 0.6 is 0 Å². The first-order valence-electron chi connectivity index (χ1n) is 5.80. The molecule has 0 saturated carbocycles. The highest BCUT2D eigenvalue weighted by Gasteiger charge is 2.13. The number of rotatable bonds is 2. The molecule has 3 aromatic rings. The van der Waals surface area contributed by atoms with Crippen molar-refractivity contribution in [3.05, 3.63) is 29.9 Å². The smallest absolute Gasteiger partial charge is 0.292 e. The first kappa shape index (κ1) is 10.8. The maximum Gasteiger partial charge on any atom is 0.292 e. The number of nitrogens with zero attached hydrogens (tertiary/aromatic N) is 2. The molecule has 2 N–H and O–H groups in total. The molecule has 5 nitrogen and oxygen atoms in total. The van der Waals surface area contributed by atoms with Crippen LogP contribution in [0, 0.1) is 6.92 Å². The fourth-order valence-corrected chi connectivity index (χ4v) is 2.02. The van der Waals surface area contributed by atoms with Crippen molar-refractivity contribution in [3.8, 4) is 11.3 Å². The molecular weight excluding hydrogens is 230 g/mol. The molecule has 3 rings (SSSR count). The third-order valence-corrected chi connectivity index (χ3v) is 2.80. The van der Waals surface area contributed by atoms with E-state index in [0.717, 1.165) is 34.5 Å². The van der Waals surface area contributed by atoms with Crippen LogP contribution in [0.4, 0.5) is 6.01 Å². The lowest BCUT2D eigenvalue weighted by molar-refractivity contribution is 0.530. The molecule has 0 aliphatic carbocycles. The molecular formula is C13H13N3O2. The van der Waals surface area contributed by atoms with Gasteiger partial charge in [-0.25, -0.2) is 4.98 Å². The van der Waals surface area contributed by atoms with Crippen LogP contribution in [0.5, 0.6) is 0 Å². The summed E-state index contributed by atoms with van der Waals surface area (Å²) in [5.74, 6) is 1.43. The minimum Gasteiger partial charge on any atom is -0.441 e. The first-order chi connectivity index (χ1) is 8.67. The average molecular weight is 243 g/mol. The number of aromatic nitrogens is 2. The zero-order valence-electron chi connectivity index (χ0n) is 10.2. The van der Waals surface area contributed by atoms with Crippen LogP contribution in [0.2, 0.25) is 0 Å². The third-order valence-electron chi connectivity index (χ3n) is 2.80. The highest BCUT2D eigenvalue weighted by Crippen LogP contribution is 2.28. The van der Waals surface area contributed by atoms with Gasteiger partial charge < -0.3 is 14.6 Å². The van der Waals surface area contributed by atoms with Crippen LogP contribution in [0.1, 0.15) is 18.6 Å². The Kier molecular flexibility index (Phi) is 2.33. The van der Waals surface area contributed by atoms with E-state index in [0.29, 0.717) is 5.89 Å². The van der Waals surface area contributed by atoms with Gasteiger partial charge in [-0.2, -0.15) is 4.98 Å². The van der Waals surface area contributed by atoms with E-state index in [1.807, 2.05) is 32.0 Å². The van der Waals surface area contributed by atoms with Crippen LogP contribution in [0.25, 0.3) is 22.4 Å². The number of nitrogens with two attached hydrogens (primary N) is 1. The summed E-state index contributed by atoms with van der Waals surface area (Å²) in [5, 5.41) is 0. The highest BCUT2D eigenvalue weighted by atomic mass is 16.4. The Morgan fingerprint density at radius 3 is 2.83 bits per heavy atom. The molecule has 5 heteroatoms. The second-order valence-electron chi connectivity index (χ2n) is 4.09. The van der Waals surface area contributed by atoms with Crippen molar-refractivity contribution in [2.24, 2.45) is 0 Å². The largest absolute Gasteiger partial charge is 0.441 e. The van der Waals surface area contributed by atoms with Crippen molar-refractivity contribution < 1.29 is 8.83 Å². The van der Waals surface area contributed by atoms with Crippen molar-refractivity contribution in [3.63, 3.8) is 0 Å². The van der Waals surface area contributed by atoms with Crippen molar-refractivity contribution in [1.82, 2.24) is 9.97 Å². The number of hydrogen-bond donors (Lipinski definition) is 1. The van der Waals surface area contributed by atoms with Gasteiger partial charge in [0.15, 0.2) is 11.5 Å². The zero-order valence-corrected chi connectivity index (χ0v) is 10.2. The number of fused-ring (bicyclic) bond motifs is 1. The monoisotopic (exact) mass is 243 g/mol. The molecule has 0 amide bonds. The van der Waals surface area contributed by atoms with E-state index in [2.05, 4.69) is 9.97 Å². The standard InChI is InChI=1S/C13H13N3O2/c1-3-10-12(16-13(14)18-10)8-4-5-9-11(6-8)17-7(2)15-9/h4-6H,3H2,1-2H3,(H2,14,16).